The Morgan fingerprint density at radius 2 is 1.73 bits per heavy atom. The monoisotopic (exact) mass is 423 g/mol. The van der Waals surface area contributed by atoms with Crippen LogP contribution in [0.3, 0.4) is 0 Å². The number of benzene rings is 3. The third-order valence-electron chi connectivity index (χ3n) is 5.08. The summed E-state index contributed by atoms with van der Waals surface area (Å²) in [5.41, 5.74) is 2.17. The zero-order chi connectivity index (χ0) is 21.6. The number of ketones is 1. The summed E-state index contributed by atoms with van der Waals surface area (Å²) in [6.45, 7) is 5.45. The van der Waals surface area contributed by atoms with E-state index in [1.807, 2.05) is 31.2 Å². The molecule has 0 saturated heterocycles. The molecule has 0 fully saturated rings. The Hall–Kier alpha value is -3.16. The summed E-state index contributed by atoms with van der Waals surface area (Å²) < 4.78 is 36.2. The van der Waals surface area contributed by atoms with E-state index in [1.165, 1.54) is 13.0 Å². The standard InChI is InChI=1S/C23H21NO5S/c1-4-28-15-9-10-17(21(11-15)30(24,26)27)19-12-20-22(13(2)25)14(3)29-23(20)18-8-6-5-7-16(18)19/h5-12H,4H2,1-3H3,(H2,24,26,27). The van der Waals surface area contributed by atoms with Crippen LogP contribution in [0.15, 0.2) is 57.8 Å². The van der Waals surface area contributed by atoms with Crippen LogP contribution in [-0.4, -0.2) is 20.8 Å². The van der Waals surface area contributed by atoms with Crippen molar-refractivity contribution in [3.05, 3.63) is 59.9 Å². The van der Waals surface area contributed by atoms with E-state index in [0.717, 1.165) is 10.8 Å². The van der Waals surface area contributed by atoms with Crippen molar-refractivity contribution in [3.8, 4) is 16.9 Å². The second-order valence-corrected chi connectivity index (χ2v) is 8.60. The predicted octanol–water partition coefficient (Wildman–Crippen LogP) is 4.81. The number of ether oxygens (including phenoxy) is 1. The van der Waals surface area contributed by atoms with Crippen LogP contribution in [0.4, 0.5) is 0 Å². The molecular weight excluding hydrogens is 402 g/mol. The van der Waals surface area contributed by atoms with Crippen molar-refractivity contribution in [1.29, 1.82) is 0 Å². The molecule has 0 unspecified atom stereocenters. The van der Waals surface area contributed by atoms with Gasteiger partial charge in [0.15, 0.2) is 5.78 Å². The number of hydrogen-bond acceptors (Lipinski definition) is 5. The van der Waals surface area contributed by atoms with Gasteiger partial charge in [-0.3, -0.25) is 4.79 Å². The molecule has 4 rings (SSSR count). The Bertz CT molecular complexity index is 1420. The molecule has 1 aromatic heterocycles. The summed E-state index contributed by atoms with van der Waals surface area (Å²) >= 11 is 0. The molecule has 154 valence electrons. The van der Waals surface area contributed by atoms with Crippen LogP contribution in [-0.2, 0) is 10.0 Å². The second-order valence-electron chi connectivity index (χ2n) is 7.07. The highest BCUT2D eigenvalue weighted by Gasteiger charge is 2.23. The van der Waals surface area contributed by atoms with Gasteiger partial charge in [0.05, 0.1) is 17.1 Å². The highest BCUT2D eigenvalue weighted by molar-refractivity contribution is 7.89. The van der Waals surface area contributed by atoms with Gasteiger partial charge in [0.2, 0.25) is 10.0 Å². The number of carbonyl (C=O) groups is 1. The Morgan fingerprint density at radius 3 is 2.37 bits per heavy atom. The lowest BCUT2D eigenvalue weighted by atomic mass is 9.94. The van der Waals surface area contributed by atoms with Gasteiger partial charge in [0, 0.05) is 22.4 Å². The molecule has 1 heterocycles. The topological polar surface area (TPSA) is 99.6 Å². The zero-order valence-electron chi connectivity index (χ0n) is 16.9. The van der Waals surface area contributed by atoms with Crippen LogP contribution < -0.4 is 9.88 Å². The molecule has 2 N–H and O–H groups in total. The third kappa shape index (κ3) is 3.26. The fourth-order valence-electron chi connectivity index (χ4n) is 3.92. The molecule has 7 heteroatoms. The van der Waals surface area contributed by atoms with Crippen molar-refractivity contribution in [2.45, 2.75) is 25.7 Å². The number of sulfonamides is 1. The van der Waals surface area contributed by atoms with Gasteiger partial charge < -0.3 is 9.15 Å². The first-order valence-electron chi connectivity index (χ1n) is 9.48. The average molecular weight is 423 g/mol. The Morgan fingerprint density at radius 1 is 1.03 bits per heavy atom. The molecule has 3 aromatic carbocycles. The molecule has 0 bridgehead atoms. The van der Waals surface area contributed by atoms with E-state index in [2.05, 4.69) is 0 Å². The quantitative estimate of drug-likeness (QED) is 0.464. The number of hydrogen-bond donors (Lipinski definition) is 1. The first-order valence-corrected chi connectivity index (χ1v) is 11.0. The fourth-order valence-corrected chi connectivity index (χ4v) is 4.68. The molecule has 0 amide bonds. The molecule has 30 heavy (non-hydrogen) atoms. The maximum atomic E-state index is 12.4. The summed E-state index contributed by atoms with van der Waals surface area (Å²) in [6.07, 6.45) is 0. The van der Waals surface area contributed by atoms with Gasteiger partial charge in [-0.15, -0.1) is 0 Å². The summed E-state index contributed by atoms with van der Waals surface area (Å²) in [5.74, 6) is 0.822. The number of carbonyl (C=O) groups excluding carboxylic acids is 1. The van der Waals surface area contributed by atoms with Crippen molar-refractivity contribution in [2.75, 3.05) is 6.61 Å². The van der Waals surface area contributed by atoms with Crippen LogP contribution in [0.2, 0.25) is 0 Å². The van der Waals surface area contributed by atoms with Crippen LogP contribution in [0.25, 0.3) is 32.9 Å². The van der Waals surface area contributed by atoms with Gasteiger partial charge in [-0.1, -0.05) is 24.3 Å². The predicted molar refractivity (Wildman–Crippen MR) is 116 cm³/mol. The van der Waals surface area contributed by atoms with E-state index in [1.54, 1.807) is 25.1 Å². The molecule has 0 atom stereocenters. The van der Waals surface area contributed by atoms with Gasteiger partial charge in [0.1, 0.15) is 17.1 Å². The molecule has 0 aliphatic heterocycles. The number of rotatable bonds is 5. The average Bonchev–Trinajstić information content (AvgIpc) is 3.03. The lowest BCUT2D eigenvalue weighted by Gasteiger charge is -2.14. The third-order valence-corrected chi connectivity index (χ3v) is 6.04. The summed E-state index contributed by atoms with van der Waals surface area (Å²) in [7, 11) is -4.04. The lowest BCUT2D eigenvalue weighted by molar-refractivity contribution is 0.101. The Kier molecular flexibility index (Phi) is 4.88. The Balaban J connectivity index is 2.15. The molecule has 0 saturated carbocycles. The summed E-state index contributed by atoms with van der Waals surface area (Å²) in [4.78, 5) is 12.2. The first-order chi connectivity index (χ1) is 14.2. The van der Waals surface area contributed by atoms with Crippen LogP contribution in [0.5, 0.6) is 5.75 Å². The van der Waals surface area contributed by atoms with Crippen molar-refractivity contribution < 1.29 is 22.4 Å². The van der Waals surface area contributed by atoms with E-state index < -0.39 is 10.0 Å². The summed E-state index contributed by atoms with van der Waals surface area (Å²) in [5, 5.41) is 7.77. The van der Waals surface area contributed by atoms with Crippen LogP contribution >= 0.6 is 0 Å². The number of furan rings is 1. The highest BCUT2D eigenvalue weighted by Crippen LogP contribution is 2.41. The molecule has 0 spiro atoms. The number of fused-ring (bicyclic) bond motifs is 3. The van der Waals surface area contributed by atoms with Crippen molar-refractivity contribution >= 4 is 37.5 Å². The van der Waals surface area contributed by atoms with E-state index in [0.29, 0.717) is 45.8 Å². The maximum absolute atomic E-state index is 12.4. The second kappa shape index (κ2) is 7.27. The minimum atomic E-state index is -4.04. The Labute approximate surface area is 174 Å². The van der Waals surface area contributed by atoms with Gasteiger partial charge in [0.25, 0.3) is 0 Å². The SMILES string of the molecule is CCOc1ccc(-c2cc3c(C(C)=O)c(C)oc3c3ccccc23)c(S(N)(=O)=O)c1. The van der Waals surface area contributed by atoms with Gasteiger partial charge in [-0.2, -0.15) is 0 Å². The largest absolute Gasteiger partial charge is 0.494 e. The molecule has 6 nitrogen and oxygen atoms in total. The minimum Gasteiger partial charge on any atom is -0.494 e. The van der Waals surface area contributed by atoms with Crippen LogP contribution in [0.1, 0.15) is 30.0 Å². The molecule has 0 aliphatic rings. The number of primary sulfonamides is 1. The van der Waals surface area contributed by atoms with Crippen LogP contribution in [0, 0.1) is 6.92 Å². The lowest BCUT2D eigenvalue weighted by Crippen LogP contribution is -2.14. The normalized spacial score (nSPS) is 11.9. The smallest absolute Gasteiger partial charge is 0.238 e. The molecular formula is C23H21NO5S. The van der Waals surface area contributed by atoms with Gasteiger partial charge in [-0.05, 0) is 49.9 Å². The van der Waals surface area contributed by atoms with E-state index in [-0.39, 0.29) is 10.7 Å². The maximum Gasteiger partial charge on any atom is 0.238 e. The molecule has 0 aliphatic carbocycles. The molecule has 4 aromatic rings. The summed E-state index contributed by atoms with van der Waals surface area (Å²) in [6, 6.07) is 14.1. The fraction of sp³-hybridized carbons (Fsp3) is 0.174. The zero-order valence-corrected chi connectivity index (χ0v) is 17.7. The minimum absolute atomic E-state index is 0.0393. The van der Waals surface area contributed by atoms with Gasteiger partial charge in [-0.25, -0.2) is 13.6 Å². The molecule has 0 radical (unpaired) electrons. The van der Waals surface area contributed by atoms with Crippen molar-refractivity contribution in [3.63, 3.8) is 0 Å². The van der Waals surface area contributed by atoms with Crippen molar-refractivity contribution in [2.24, 2.45) is 5.14 Å². The van der Waals surface area contributed by atoms with E-state index in [4.69, 9.17) is 14.3 Å². The van der Waals surface area contributed by atoms with Crippen molar-refractivity contribution in [1.82, 2.24) is 0 Å². The number of aryl methyl sites for hydroxylation is 1. The first kappa shape index (κ1) is 20.1. The number of nitrogens with two attached hydrogens (primary N) is 1. The van der Waals surface area contributed by atoms with Gasteiger partial charge >= 0.3 is 0 Å². The highest BCUT2D eigenvalue weighted by atomic mass is 32.2. The number of Topliss-reactive ketones (excluding diaryl/α,β-unsaturated/α-hetero) is 1. The van der Waals surface area contributed by atoms with E-state index >= 15 is 0 Å². The van der Waals surface area contributed by atoms with E-state index in [9.17, 15) is 13.2 Å².